The summed E-state index contributed by atoms with van der Waals surface area (Å²) in [6.07, 6.45) is 1.04. The van der Waals surface area contributed by atoms with E-state index in [4.69, 9.17) is 5.11 Å². The van der Waals surface area contributed by atoms with Crippen molar-refractivity contribution >= 4 is 15.9 Å². The Morgan fingerprint density at radius 2 is 2.15 bits per heavy atom. The molecule has 1 atom stereocenters. The standard InChI is InChI=1S/C11H15BrO/c1-3-9-4-5-10(6-11(9)12)8(2)7-13/h4-6,8,13H,3,7H2,1-2H3. The van der Waals surface area contributed by atoms with Crippen LogP contribution in [-0.4, -0.2) is 11.7 Å². The quantitative estimate of drug-likeness (QED) is 0.864. The maximum atomic E-state index is 8.99. The van der Waals surface area contributed by atoms with Crippen molar-refractivity contribution in [1.29, 1.82) is 0 Å². The molecule has 1 nitrogen and oxygen atoms in total. The number of halogens is 1. The van der Waals surface area contributed by atoms with Crippen LogP contribution >= 0.6 is 15.9 Å². The maximum absolute atomic E-state index is 8.99. The summed E-state index contributed by atoms with van der Waals surface area (Å²) < 4.78 is 1.15. The number of aliphatic hydroxyl groups is 1. The summed E-state index contributed by atoms with van der Waals surface area (Å²) in [7, 11) is 0. The molecule has 0 aliphatic carbocycles. The van der Waals surface area contributed by atoms with E-state index < -0.39 is 0 Å². The third-order valence-electron chi connectivity index (χ3n) is 2.30. The predicted molar refractivity (Wildman–Crippen MR) is 59.0 cm³/mol. The Balaban J connectivity index is 2.95. The van der Waals surface area contributed by atoms with Gasteiger partial charge < -0.3 is 5.11 Å². The first-order chi connectivity index (χ1) is 6.19. The molecule has 0 spiro atoms. The SMILES string of the molecule is CCc1ccc(C(C)CO)cc1Br. The second-order valence-electron chi connectivity index (χ2n) is 3.29. The zero-order chi connectivity index (χ0) is 9.84. The van der Waals surface area contributed by atoms with Gasteiger partial charge in [0, 0.05) is 17.0 Å². The van der Waals surface area contributed by atoms with E-state index in [0.717, 1.165) is 10.9 Å². The second-order valence-corrected chi connectivity index (χ2v) is 4.14. The average molecular weight is 243 g/mol. The molecular weight excluding hydrogens is 228 g/mol. The molecule has 0 amide bonds. The molecule has 0 saturated carbocycles. The number of aliphatic hydroxyl groups excluding tert-OH is 1. The fourth-order valence-electron chi connectivity index (χ4n) is 1.26. The first kappa shape index (κ1) is 10.7. The van der Waals surface area contributed by atoms with Crippen LogP contribution < -0.4 is 0 Å². The van der Waals surface area contributed by atoms with E-state index in [-0.39, 0.29) is 12.5 Å². The van der Waals surface area contributed by atoms with Gasteiger partial charge in [-0.25, -0.2) is 0 Å². The van der Waals surface area contributed by atoms with Gasteiger partial charge in [0.05, 0.1) is 0 Å². The molecular formula is C11H15BrO. The third kappa shape index (κ3) is 2.55. The summed E-state index contributed by atoms with van der Waals surface area (Å²) in [5, 5.41) is 8.99. The molecule has 0 fully saturated rings. The Hall–Kier alpha value is -0.340. The minimum absolute atomic E-state index is 0.206. The van der Waals surface area contributed by atoms with Crippen LogP contribution in [0.2, 0.25) is 0 Å². The van der Waals surface area contributed by atoms with Gasteiger partial charge in [0.25, 0.3) is 0 Å². The molecule has 1 rings (SSSR count). The van der Waals surface area contributed by atoms with Gasteiger partial charge in [0.2, 0.25) is 0 Å². The van der Waals surface area contributed by atoms with Crippen molar-refractivity contribution in [2.24, 2.45) is 0 Å². The van der Waals surface area contributed by atoms with E-state index in [0.29, 0.717) is 0 Å². The van der Waals surface area contributed by atoms with E-state index >= 15 is 0 Å². The van der Waals surface area contributed by atoms with Gasteiger partial charge in [-0.05, 0) is 23.6 Å². The Kier molecular flexibility index (Phi) is 3.94. The Bertz CT molecular complexity index is 283. The van der Waals surface area contributed by atoms with Crippen LogP contribution in [0.15, 0.2) is 22.7 Å². The summed E-state index contributed by atoms with van der Waals surface area (Å²) in [6.45, 7) is 4.36. The number of benzene rings is 1. The molecule has 1 unspecified atom stereocenters. The fourth-order valence-corrected chi connectivity index (χ4v) is 1.94. The first-order valence-corrected chi connectivity index (χ1v) is 5.37. The highest BCUT2D eigenvalue weighted by Gasteiger charge is 2.05. The summed E-state index contributed by atoms with van der Waals surface area (Å²) >= 11 is 3.52. The summed E-state index contributed by atoms with van der Waals surface area (Å²) in [5.74, 6) is 0.224. The highest BCUT2D eigenvalue weighted by Crippen LogP contribution is 2.23. The van der Waals surface area contributed by atoms with Crippen LogP contribution in [0.4, 0.5) is 0 Å². The Labute approximate surface area is 87.9 Å². The molecule has 2 heteroatoms. The van der Waals surface area contributed by atoms with Crippen molar-refractivity contribution in [3.05, 3.63) is 33.8 Å². The molecule has 1 aromatic carbocycles. The number of aryl methyl sites for hydroxylation is 1. The van der Waals surface area contributed by atoms with Gasteiger partial charge >= 0.3 is 0 Å². The molecule has 0 aliphatic heterocycles. The largest absolute Gasteiger partial charge is 0.396 e. The molecule has 1 N–H and O–H groups in total. The van der Waals surface area contributed by atoms with Gasteiger partial charge in [-0.15, -0.1) is 0 Å². The average Bonchev–Trinajstić information content (AvgIpc) is 2.16. The van der Waals surface area contributed by atoms with Crippen molar-refractivity contribution in [2.75, 3.05) is 6.61 Å². The molecule has 13 heavy (non-hydrogen) atoms. The van der Waals surface area contributed by atoms with Crippen molar-refractivity contribution in [3.8, 4) is 0 Å². The van der Waals surface area contributed by atoms with Gasteiger partial charge in [-0.3, -0.25) is 0 Å². The molecule has 0 radical (unpaired) electrons. The highest BCUT2D eigenvalue weighted by atomic mass is 79.9. The Morgan fingerprint density at radius 1 is 1.46 bits per heavy atom. The smallest absolute Gasteiger partial charge is 0.0497 e. The molecule has 0 heterocycles. The third-order valence-corrected chi connectivity index (χ3v) is 3.04. The molecule has 1 aromatic rings. The topological polar surface area (TPSA) is 20.2 Å². The minimum atomic E-state index is 0.206. The van der Waals surface area contributed by atoms with E-state index in [1.54, 1.807) is 0 Å². The van der Waals surface area contributed by atoms with Crippen molar-refractivity contribution in [3.63, 3.8) is 0 Å². The van der Waals surface area contributed by atoms with E-state index in [1.807, 2.05) is 6.92 Å². The van der Waals surface area contributed by atoms with Crippen LogP contribution in [0.5, 0.6) is 0 Å². The monoisotopic (exact) mass is 242 g/mol. The number of hydrogen-bond donors (Lipinski definition) is 1. The van der Waals surface area contributed by atoms with Crippen molar-refractivity contribution in [1.82, 2.24) is 0 Å². The summed E-state index contributed by atoms with van der Waals surface area (Å²) in [6, 6.07) is 6.30. The minimum Gasteiger partial charge on any atom is -0.396 e. The molecule has 0 aromatic heterocycles. The molecule has 72 valence electrons. The van der Waals surface area contributed by atoms with E-state index in [1.165, 1.54) is 11.1 Å². The maximum Gasteiger partial charge on any atom is 0.0497 e. The first-order valence-electron chi connectivity index (χ1n) is 4.58. The van der Waals surface area contributed by atoms with Gasteiger partial charge in [-0.1, -0.05) is 41.9 Å². The molecule has 0 saturated heterocycles. The van der Waals surface area contributed by atoms with Crippen LogP contribution in [0.1, 0.15) is 30.9 Å². The van der Waals surface area contributed by atoms with E-state index in [9.17, 15) is 0 Å². The molecule has 0 aliphatic rings. The normalized spacial score (nSPS) is 12.9. The lowest BCUT2D eigenvalue weighted by atomic mass is 10.0. The predicted octanol–water partition coefficient (Wildman–Crippen LogP) is 3.11. The van der Waals surface area contributed by atoms with Gasteiger partial charge in [-0.2, -0.15) is 0 Å². The van der Waals surface area contributed by atoms with Gasteiger partial charge in [0.1, 0.15) is 0 Å². The summed E-state index contributed by atoms with van der Waals surface area (Å²) in [5.41, 5.74) is 2.50. The molecule has 0 bridgehead atoms. The number of rotatable bonds is 3. The second kappa shape index (κ2) is 4.77. The lowest BCUT2D eigenvalue weighted by molar-refractivity contribution is 0.273. The van der Waals surface area contributed by atoms with Crippen LogP contribution in [0, 0.1) is 0 Å². The Morgan fingerprint density at radius 3 is 2.62 bits per heavy atom. The van der Waals surface area contributed by atoms with Crippen molar-refractivity contribution < 1.29 is 5.11 Å². The zero-order valence-corrected chi connectivity index (χ0v) is 9.63. The lowest BCUT2D eigenvalue weighted by Crippen LogP contribution is -1.99. The lowest BCUT2D eigenvalue weighted by Gasteiger charge is -2.10. The summed E-state index contributed by atoms with van der Waals surface area (Å²) in [4.78, 5) is 0. The number of hydrogen-bond acceptors (Lipinski definition) is 1. The van der Waals surface area contributed by atoms with Crippen molar-refractivity contribution in [2.45, 2.75) is 26.2 Å². The fraction of sp³-hybridized carbons (Fsp3) is 0.455. The van der Waals surface area contributed by atoms with Crippen LogP contribution in [0.25, 0.3) is 0 Å². The van der Waals surface area contributed by atoms with E-state index in [2.05, 4.69) is 41.1 Å². The van der Waals surface area contributed by atoms with Gasteiger partial charge in [0.15, 0.2) is 0 Å². The van der Waals surface area contributed by atoms with Crippen LogP contribution in [-0.2, 0) is 6.42 Å². The highest BCUT2D eigenvalue weighted by molar-refractivity contribution is 9.10. The zero-order valence-electron chi connectivity index (χ0n) is 8.05. The van der Waals surface area contributed by atoms with Crippen LogP contribution in [0.3, 0.4) is 0 Å².